The Morgan fingerprint density at radius 2 is 2.00 bits per heavy atom. The number of hydrogen-bond acceptors (Lipinski definition) is 1. The molecule has 0 saturated carbocycles. The minimum atomic E-state index is 0.303. The SMILES string of the molecule is BB(N)I. The van der Waals surface area contributed by atoms with E-state index in [1.165, 1.54) is 0 Å². The molecule has 0 radical (unpaired) electrons. The van der Waals surface area contributed by atoms with E-state index in [1.54, 1.807) is 0 Å². The van der Waals surface area contributed by atoms with Crippen molar-refractivity contribution in [3.8, 4) is 0 Å². The second-order valence-corrected chi connectivity index (χ2v) is 2.64. The van der Waals surface area contributed by atoms with Gasteiger partial charge in [-0.25, -0.2) is 0 Å². The Hall–Kier alpha value is 0.820. The third-order valence-electron chi connectivity index (χ3n) is 0. The molecule has 0 aromatic carbocycles. The summed E-state index contributed by atoms with van der Waals surface area (Å²) in [5, 5.41) is 0. The molecule has 0 aliphatic carbocycles. The first kappa shape index (κ1) is 4.82. The normalized spacial score (nSPS) is 6.50. The highest BCUT2D eigenvalue weighted by atomic mass is 127. The minimum Gasteiger partial charge on any atom is -0.367 e. The molecular weight excluding hydrogens is 163 g/mol. The van der Waals surface area contributed by atoms with Gasteiger partial charge in [0.2, 0.25) is 4.59 Å². The van der Waals surface area contributed by atoms with E-state index in [4.69, 9.17) is 5.64 Å². The highest BCUT2D eigenvalue weighted by Crippen LogP contribution is 1.70. The van der Waals surface area contributed by atoms with Crippen LogP contribution in [0.15, 0.2) is 0 Å². The van der Waals surface area contributed by atoms with E-state index in [-0.39, 0.29) is 0 Å². The summed E-state index contributed by atoms with van der Waals surface area (Å²) >= 11 is 2.12. The molecule has 0 bridgehead atoms. The van der Waals surface area contributed by atoms with Crippen LogP contribution in [-0.2, 0) is 0 Å². The van der Waals surface area contributed by atoms with E-state index < -0.39 is 0 Å². The van der Waals surface area contributed by atoms with Crippen molar-refractivity contribution < 1.29 is 0 Å². The fourth-order valence-electron chi connectivity index (χ4n) is 0. The van der Waals surface area contributed by atoms with Gasteiger partial charge in [0.15, 0.2) is 0 Å². The molecule has 0 spiro atoms. The van der Waals surface area contributed by atoms with Crippen molar-refractivity contribution in [1.29, 1.82) is 0 Å². The highest BCUT2D eigenvalue weighted by Gasteiger charge is 1.81. The molecule has 2 N–H and O–H groups in total. The fourth-order valence-corrected chi connectivity index (χ4v) is 0. The third-order valence-corrected chi connectivity index (χ3v) is 0. The van der Waals surface area contributed by atoms with Crippen LogP contribution in [0.4, 0.5) is 0 Å². The first-order valence-electron chi connectivity index (χ1n) is 1.13. The van der Waals surface area contributed by atoms with Gasteiger partial charge in [0.05, 0.1) is 0 Å². The Morgan fingerprint density at radius 1 is 2.00 bits per heavy atom. The lowest BCUT2D eigenvalue weighted by atomic mass is 9.69. The number of halogens is 1. The summed E-state index contributed by atoms with van der Waals surface area (Å²) in [5.74, 6) is 0. The number of rotatable bonds is 0. The molecule has 0 fully saturated rings. The zero-order valence-corrected chi connectivity index (χ0v) is 4.69. The monoisotopic (exact) mass is 167 g/mol. The molecule has 22 valence electrons. The maximum Gasteiger partial charge on any atom is 0.246 e. The molecule has 1 nitrogen and oxygen atoms in total. The summed E-state index contributed by atoms with van der Waals surface area (Å²) in [6.07, 6.45) is 0. The Kier molecular flexibility index (Phi) is 2.51. The van der Waals surface area contributed by atoms with Crippen LogP contribution in [0.5, 0.6) is 0 Å². The Labute approximate surface area is 40.7 Å². The summed E-state index contributed by atoms with van der Waals surface area (Å²) in [5.41, 5.74) is 5.10. The number of hydrogen-bond donors (Lipinski definition) is 1. The zero-order chi connectivity index (χ0) is 3.58. The Morgan fingerprint density at radius 3 is 2.00 bits per heavy atom. The lowest BCUT2D eigenvalue weighted by Crippen LogP contribution is -2.15. The molecule has 0 aliphatic rings. The standard InChI is InChI=1S/B2H4IN/c1-2(3)4/h1,4H2. The predicted octanol–water partition coefficient (Wildman–Crippen LogP) is -1.00. The van der Waals surface area contributed by atoms with Crippen LogP contribution < -0.4 is 5.64 Å². The predicted molar refractivity (Wildman–Crippen MR) is 32.5 cm³/mol. The second-order valence-electron chi connectivity index (χ2n) is 0.678. The molecule has 0 amide bonds. The molecule has 0 heterocycles. The smallest absolute Gasteiger partial charge is 0.246 e. The van der Waals surface area contributed by atoms with E-state index in [0.29, 0.717) is 4.59 Å². The van der Waals surface area contributed by atoms with Crippen molar-refractivity contribution in [2.75, 3.05) is 0 Å². The first-order chi connectivity index (χ1) is 1.73. The lowest BCUT2D eigenvalue weighted by Gasteiger charge is -1.70. The van der Waals surface area contributed by atoms with Crippen LogP contribution in [0.3, 0.4) is 0 Å². The lowest BCUT2D eigenvalue weighted by molar-refractivity contribution is 1.97. The molecule has 4 heavy (non-hydrogen) atoms. The van der Waals surface area contributed by atoms with Crippen molar-refractivity contribution in [2.45, 2.75) is 0 Å². The average molecular weight is 167 g/mol. The average Bonchev–Trinajstić information content (AvgIpc) is 0.811. The fraction of sp³-hybridized carbons (Fsp3) is 0. The van der Waals surface area contributed by atoms with Gasteiger partial charge in [0.1, 0.15) is 7.74 Å². The van der Waals surface area contributed by atoms with Crippen LogP contribution >= 0.6 is 22.4 Å². The van der Waals surface area contributed by atoms with Gasteiger partial charge in [-0.1, -0.05) is 0 Å². The first-order valence-corrected chi connectivity index (χ1v) is 2.37. The van der Waals surface area contributed by atoms with E-state index >= 15 is 0 Å². The highest BCUT2D eigenvalue weighted by molar-refractivity contribution is 14.1. The van der Waals surface area contributed by atoms with Gasteiger partial charge in [-0.2, -0.15) is 0 Å². The van der Waals surface area contributed by atoms with Crippen molar-refractivity contribution in [1.82, 2.24) is 0 Å². The summed E-state index contributed by atoms with van der Waals surface area (Å²) in [6, 6.07) is 0. The minimum absolute atomic E-state index is 0.303. The second kappa shape index (κ2) is 2.08. The Balaban J connectivity index is 2.32. The van der Waals surface area contributed by atoms with Gasteiger partial charge in [0, 0.05) is 0 Å². The van der Waals surface area contributed by atoms with Crippen LogP contribution in [0.1, 0.15) is 0 Å². The quantitative estimate of drug-likeness (QED) is 0.363. The van der Waals surface area contributed by atoms with E-state index in [1.807, 2.05) is 7.74 Å². The maximum absolute atomic E-state index is 5.10. The molecule has 0 atom stereocenters. The third kappa shape index (κ3) is 13.9. The molecular formula is H4B2IN. The van der Waals surface area contributed by atoms with Crippen molar-refractivity contribution in [2.24, 2.45) is 5.64 Å². The largest absolute Gasteiger partial charge is 0.367 e. The molecule has 0 unspecified atom stereocenters. The summed E-state index contributed by atoms with van der Waals surface area (Å²) in [7, 11) is 1.93. The molecule has 0 saturated heterocycles. The van der Waals surface area contributed by atoms with Gasteiger partial charge in [0.25, 0.3) is 0 Å². The van der Waals surface area contributed by atoms with Crippen molar-refractivity contribution in [3.05, 3.63) is 0 Å². The van der Waals surface area contributed by atoms with Crippen molar-refractivity contribution in [3.63, 3.8) is 0 Å². The van der Waals surface area contributed by atoms with E-state index in [0.717, 1.165) is 0 Å². The maximum atomic E-state index is 5.10. The Bertz CT molecular complexity index is 10.8. The zero-order valence-electron chi connectivity index (χ0n) is 2.53. The van der Waals surface area contributed by atoms with Gasteiger partial charge in [-0.05, 0) is 0 Å². The van der Waals surface area contributed by atoms with Crippen LogP contribution in [-0.4, -0.2) is 12.3 Å². The molecule has 0 aliphatic heterocycles. The van der Waals surface area contributed by atoms with Gasteiger partial charge in [-0.15, -0.1) is 22.4 Å². The van der Waals surface area contributed by atoms with Gasteiger partial charge in [-0.3, -0.25) is 0 Å². The van der Waals surface area contributed by atoms with Gasteiger partial charge >= 0.3 is 0 Å². The van der Waals surface area contributed by atoms with Crippen molar-refractivity contribution >= 4 is 34.7 Å². The topological polar surface area (TPSA) is 26.0 Å². The van der Waals surface area contributed by atoms with Gasteiger partial charge < -0.3 is 5.64 Å². The summed E-state index contributed by atoms with van der Waals surface area (Å²) in [4.78, 5) is 0. The van der Waals surface area contributed by atoms with E-state index in [9.17, 15) is 0 Å². The van der Waals surface area contributed by atoms with Crippen LogP contribution in [0.2, 0.25) is 0 Å². The summed E-state index contributed by atoms with van der Waals surface area (Å²) in [6.45, 7) is 0. The van der Waals surface area contributed by atoms with Crippen LogP contribution in [0, 0.1) is 0 Å². The van der Waals surface area contributed by atoms with Crippen LogP contribution in [0.25, 0.3) is 0 Å². The van der Waals surface area contributed by atoms with E-state index in [2.05, 4.69) is 22.4 Å². The molecule has 0 rings (SSSR count). The number of nitrogens with two attached hydrogens (primary N) is 1. The summed E-state index contributed by atoms with van der Waals surface area (Å²) < 4.78 is 0.303. The molecule has 0 aromatic rings. The molecule has 4 heteroatoms. The molecule has 0 aromatic heterocycles.